The molecule has 1 aliphatic heterocycles. The van der Waals surface area contributed by atoms with Crippen LogP contribution in [0.25, 0.3) is 0 Å². The molecule has 1 N–H and O–H groups in total. The van der Waals surface area contributed by atoms with Gasteiger partial charge in [-0.25, -0.2) is 0 Å². The van der Waals surface area contributed by atoms with Crippen molar-refractivity contribution >= 4 is 0 Å². The van der Waals surface area contributed by atoms with E-state index in [1.54, 1.807) is 7.11 Å². The Morgan fingerprint density at radius 2 is 2.25 bits per heavy atom. The molecule has 16 heavy (non-hydrogen) atoms. The van der Waals surface area contributed by atoms with Crippen molar-refractivity contribution in [3.63, 3.8) is 0 Å². The van der Waals surface area contributed by atoms with Gasteiger partial charge in [0.15, 0.2) is 0 Å². The standard InChI is InChI=1S/C13H27NO2/c1-4-13-11(8-10-16-13)12(14-5-2)7-6-9-15-3/h11-14H,4-10H2,1-3H3. The molecule has 1 heterocycles. The Labute approximate surface area is 99.9 Å². The van der Waals surface area contributed by atoms with E-state index in [9.17, 15) is 0 Å². The maximum absolute atomic E-state index is 5.78. The van der Waals surface area contributed by atoms with Crippen molar-refractivity contribution in [3.05, 3.63) is 0 Å². The molecule has 0 bridgehead atoms. The second-order valence-corrected chi connectivity index (χ2v) is 4.57. The van der Waals surface area contributed by atoms with Gasteiger partial charge in [-0.3, -0.25) is 0 Å². The summed E-state index contributed by atoms with van der Waals surface area (Å²) in [5, 5.41) is 3.61. The summed E-state index contributed by atoms with van der Waals surface area (Å²) in [6, 6.07) is 0.604. The lowest BCUT2D eigenvalue weighted by Crippen LogP contribution is -2.40. The molecule has 0 aliphatic carbocycles. The van der Waals surface area contributed by atoms with Crippen LogP contribution in [0.1, 0.15) is 39.5 Å². The summed E-state index contributed by atoms with van der Waals surface area (Å²) in [5.74, 6) is 0.696. The van der Waals surface area contributed by atoms with Crippen molar-refractivity contribution in [3.8, 4) is 0 Å². The van der Waals surface area contributed by atoms with Gasteiger partial charge in [0.2, 0.25) is 0 Å². The number of hydrogen-bond donors (Lipinski definition) is 1. The molecule has 0 amide bonds. The van der Waals surface area contributed by atoms with Gasteiger partial charge in [0.25, 0.3) is 0 Å². The molecule has 3 nitrogen and oxygen atoms in total. The Morgan fingerprint density at radius 3 is 2.88 bits per heavy atom. The van der Waals surface area contributed by atoms with Crippen molar-refractivity contribution in [2.45, 2.75) is 51.7 Å². The van der Waals surface area contributed by atoms with Gasteiger partial charge < -0.3 is 14.8 Å². The SMILES string of the molecule is CCNC(CCCOC)C1CCOC1CC. The van der Waals surface area contributed by atoms with Crippen LogP contribution in [-0.4, -0.2) is 39.0 Å². The normalized spacial score (nSPS) is 27.2. The predicted octanol–water partition coefficient (Wildman–Crippen LogP) is 2.21. The van der Waals surface area contributed by atoms with Crippen LogP contribution in [0.4, 0.5) is 0 Å². The third kappa shape index (κ3) is 4.04. The second-order valence-electron chi connectivity index (χ2n) is 4.57. The Morgan fingerprint density at radius 1 is 1.44 bits per heavy atom. The maximum atomic E-state index is 5.78. The number of nitrogens with one attached hydrogen (secondary N) is 1. The van der Waals surface area contributed by atoms with Crippen LogP contribution < -0.4 is 5.32 Å². The summed E-state index contributed by atoms with van der Waals surface area (Å²) < 4.78 is 10.9. The van der Waals surface area contributed by atoms with Gasteiger partial charge in [-0.1, -0.05) is 13.8 Å². The van der Waals surface area contributed by atoms with Crippen LogP contribution in [0.3, 0.4) is 0 Å². The number of hydrogen-bond acceptors (Lipinski definition) is 3. The zero-order valence-corrected chi connectivity index (χ0v) is 11.0. The molecule has 1 fully saturated rings. The van der Waals surface area contributed by atoms with E-state index < -0.39 is 0 Å². The van der Waals surface area contributed by atoms with Crippen LogP contribution in [0.2, 0.25) is 0 Å². The van der Waals surface area contributed by atoms with Gasteiger partial charge in [-0.15, -0.1) is 0 Å². The lowest BCUT2D eigenvalue weighted by molar-refractivity contribution is 0.0750. The molecule has 96 valence electrons. The fourth-order valence-electron chi connectivity index (χ4n) is 2.72. The lowest BCUT2D eigenvalue weighted by Gasteiger charge is -2.27. The molecule has 0 aromatic heterocycles. The third-order valence-electron chi connectivity index (χ3n) is 3.51. The second kappa shape index (κ2) is 8.04. The first-order valence-corrected chi connectivity index (χ1v) is 6.67. The monoisotopic (exact) mass is 229 g/mol. The summed E-state index contributed by atoms with van der Waals surface area (Å²) >= 11 is 0. The minimum atomic E-state index is 0.464. The minimum absolute atomic E-state index is 0.464. The highest BCUT2D eigenvalue weighted by molar-refractivity contribution is 4.85. The van der Waals surface area contributed by atoms with E-state index in [-0.39, 0.29) is 0 Å². The van der Waals surface area contributed by atoms with Crippen LogP contribution >= 0.6 is 0 Å². The summed E-state index contributed by atoms with van der Waals surface area (Å²) in [4.78, 5) is 0. The Balaban J connectivity index is 2.40. The van der Waals surface area contributed by atoms with Gasteiger partial charge in [0.1, 0.15) is 0 Å². The molecule has 0 aromatic carbocycles. The molecular formula is C13H27NO2. The first kappa shape index (κ1) is 13.9. The number of rotatable bonds is 8. The summed E-state index contributed by atoms with van der Waals surface area (Å²) in [6.45, 7) is 7.26. The molecule has 0 spiro atoms. The average molecular weight is 229 g/mol. The van der Waals surface area contributed by atoms with E-state index in [4.69, 9.17) is 9.47 Å². The quantitative estimate of drug-likeness (QED) is 0.647. The molecule has 3 unspecified atom stereocenters. The van der Waals surface area contributed by atoms with Gasteiger partial charge in [0, 0.05) is 32.3 Å². The van der Waals surface area contributed by atoms with Crippen molar-refractivity contribution in [2.75, 3.05) is 26.9 Å². The highest BCUT2D eigenvalue weighted by atomic mass is 16.5. The lowest BCUT2D eigenvalue weighted by atomic mass is 9.88. The summed E-state index contributed by atoms with van der Waals surface area (Å²) in [5.41, 5.74) is 0. The molecule has 0 saturated carbocycles. The van der Waals surface area contributed by atoms with E-state index >= 15 is 0 Å². The summed E-state index contributed by atoms with van der Waals surface area (Å²) in [7, 11) is 1.77. The topological polar surface area (TPSA) is 30.5 Å². The zero-order chi connectivity index (χ0) is 11.8. The summed E-state index contributed by atoms with van der Waals surface area (Å²) in [6.07, 6.45) is 5.15. The van der Waals surface area contributed by atoms with Gasteiger partial charge in [-0.05, 0) is 32.2 Å². The molecule has 1 saturated heterocycles. The largest absolute Gasteiger partial charge is 0.385 e. The molecule has 0 aromatic rings. The fraction of sp³-hybridized carbons (Fsp3) is 1.00. The van der Waals surface area contributed by atoms with Crippen LogP contribution in [-0.2, 0) is 9.47 Å². The maximum Gasteiger partial charge on any atom is 0.0616 e. The van der Waals surface area contributed by atoms with Gasteiger partial charge >= 0.3 is 0 Å². The van der Waals surface area contributed by atoms with E-state index in [0.717, 1.165) is 32.6 Å². The molecular weight excluding hydrogens is 202 g/mol. The molecule has 0 radical (unpaired) electrons. The Hall–Kier alpha value is -0.120. The number of methoxy groups -OCH3 is 1. The van der Waals surface area contributed by atoms with Gasteiger partial charge in [0.05, 0.1) is 6.10 Å². The van der Waals surface area contributed by atoms with Crippen LogP contribution in [0.15, 0.2) is 0 Å². The minimum Gasteiger partial charge on any atom is -0.385 e. The van der Waals surface area contributed by atoms with Crippen LogP contribution in [0.5, 0.6) is 0 Å². The number of ether oxygens (including phenoxy) is 2. The Kier molecular flexibility index (Phi) is 7.01. The predicted molar refractivity (Wildman–Crippen MR) is 66.7 cm³/mol. The van der Waals surface area contributed by atoms with Crippen LogP contribution in [0, 0.1) is 5.92 Å². The van der Waals surface area contributed by atoms with Crippen molar-refractivity contribution < 1.29 is 9.47 Å². The first-order chi connectivity index (χ1) is 7.83. The Bertz CT molecular complexity index is 175. The van der Waals surface area contributed by atoms with E-state index in [0.29, 0.717) is 18.1 Å². The molecule has 3 heteroatoms. The van der Waals surface area contributed by atoms with E-state index in [1.165, 1.54) is 12.8 Å². The first-order valence-electron chi connectivity index (χ1n) is 6.67. The highest BCUT2D eigenvalue weighted by Gasteiger charge is 2.32. The van der Waals surface area contributed by atoms with E-state index in [1.807, 2.05) is 0 Å². The third-order valence-corrected chi connectivity index (χ3v) is 3.51. The average Bonchev–Trinajstić information content (AvgIpc) is 2.76. The fourth-order valence-corrected chi connectivity index (χ4v) is 2.72. The molecule has 1 aliphatic rings. The van der Waals surface area contributed by atoms with Crippen molar-refractivity contribution in [1.82, 2.24) is 5.32 Å². The smallest absolute Gasteiger partial charge is 0.0616 e. The van der Waals surface area contributed by atoms with E-state index in [2.05, 4.69) is 19.2 Å². The van der Waals surface area contributed by atoms with Gasteiger partial charge in [-0.2, -0.15) is 0 Å². The molecule has 1 rings (SSSR count). The zero-order valence-electron chi connectivity index (χ0n) is 11.0. The van der Waals surface area contributed by atoms with Crippen molar-refractivity contribution in [1.29, 1.82) is 0 Å². The van der Waals surface area contributed by atoms with Crippen molar-refractivity contribution in [2.24, 2.45) is 5.92 Å². The highest BCUT2D eigenvalue weighted by Crippen LogP contribution is 2.28. The molecule has 3 atom stereocenters.